The van der Waals surface area contributed by atoms with E-state index in [1.165, 1.54) is 21.8 Å². The van der Waals surface area contributed by atoms with Gasteiger partial charge in [0.2, 0.25) is 0 Å². The van der Waals surface area contributed by atoms with E-state index in [-0.39, 0.29) is 0 Å². The number of hydrogen-bond acceptors (Lipinski definition) is 1. The summed E-state index contributed by atoms with van der Waals surface area (Å²) in [4.78, 5) is 0. The molecule has 0 saturated heterocycles. The molecule has 0 N–H and O–H groups in total. The molecule has 15 heavy (non-hydrogen) atoms. The normalized spacial score (nSPS) is 25.7. The average molecular weight is 234 g/mol. The van der Waals surface area contributed by atoms with Crippen LogP contribution in [0, 0.1) is 0 Å². The van der Waals surface area contributed by atoms with Crippen molar-refractivity contribution in [1.82, 2.24) is 0 Å². The zero-order valence-corrected chi connectivity index (χ0v) is 11.0. The molecule has 0 radical (unpaired) electrons. The van der Waals surface area contributed by atoms with Crippen LogP contribution in [0.25, 0.3) is 0 Å². The Hall–Kier alpha value is -0.650. The first kappa shape index (κ1) is 10.9. The highest BCUT2D eigenvalue weighted by molar-refractivity contribution is 8.22. The van der Waals surface area contributed by atoms with Crippen LogP contribution in [-0.4, -0.2) is 0 Å². The molecule has 1 aliphatic heterocycles. The SMILES string of the molecule is CC1=CP(=S)(c2ccccc2)C(C)=C1C. The molecule has 0 aromatic heterocycles. The van der Waals surface area contributed by atoms with E-state index < -0.39 is 6.04 Å². The molecule has 1 unspecified atom stereocenters. The highest BCUT2D eigenvalue weighted by Gasteiger charge is 2.26. The Morgan fingerprint density at radius 3 is 2.07 bits per heavy atom. The van der Waals surface area contributed by atoms with Crippen LogP contribution in [0.4, 0.5) is 0 Å². The van der Waals surface area contributed by atoms with Crippen molar-refractivity contribution in [3.05, 3.63) is 52.6 Å². The minimum atomic E-state index is -1.57. The minimum Gasteiger partial charge on any atom is -0.0835 e. The molecule has 0 saturated carbocycles. The topological polar surface area (TPSA) is 0 Å². The third-order valence-electron chi connectivity index (χ3n) is 3.15. The van der Waals surface area contributed by atoms with Crippen molar-refractivity contribution in [1.29, 1.82) is 0 Å². The van der Waals surface area contributed by atoms with Gasteiger partial charge >= 0.3 is 0 Å². The molecule has 78 valence electrons. The predicted molar refractivity (Wildman–Crippen MR) is 72.5 cm³/mol. The quantitative estimate of drug-likeness (QED) is 0.662. The van der Waals surface area contributed by atoms with Gasteiger partial charge in [0.05, 0.1) is 0 Å². The second-order valence-electron chi connectivity index (χ2n) is 4.02. The summed E-state index contributed by atoms with van der Waals surface area (Å²) in [6.45, 7) is 6.53. The van der Waals surface area contributed by atoms with Gasteiger partial charge in [-0.1, -0.05) is 42.1 Å². The molecule has 0 aliphatic carbocycles. The van der Waals surface area contributed by atoms with Gasteiger partial charge in [0, 0.05) is 6.04 Å². The van der Waals surface area contributed by atoms with Crippen molar-refractivity contribution in [2.75, 3.05) is 0 Å². The maximum Gasteiger partial charge on any atom is 0.0274 e. The van der Waals surface area contributed by atoms with E-state index >= 15 is 0 Å². The van der Waals surface area contributed by atoms with Crippen LogP contribution in [-0.2, 0) is 11.8 Å². The number of hydrogen-bond donors (Lipinski definition) is 0. The highest BCUT2D eigenvalue weighted by Crippen LogP contribution is 2.61. The van der Waals surface area contributed by atoms with E-state index in [0.29, 0.717) is 0 Å². The lowest BCUT2D eigenvalue weighted by atomic mass is 10.1. The van der Waals surface area contributed by atoms with Crippen LogP contribution < -0.4 is 5.30 Å². The fourth-order valence-electron chi connectivity index (χ4n) is 1.92. The molecule has 0 nitrogen and oxygen atoms in total. The monoisotopic (exact) mass is 234 g/mol. The number of allylic oxidation sites excluding steroid dienone is 3. The molecule has 0 bridgehead atoms. The second-order valence-corrected chi connectivity index (χ2v) is 8.51. The summed E-state index contributed by atoms with van der Waals surface area (Å²) in [5, 5.41) is 2.72. The zero-order chi connectivity index (χ0) is 11.1. The Morgan fingerprint density at radius 2 is 1.60 bits per heavy atom. The van der Waals surface area contributed by atoms with Crippen molar-refractivity contribution in [3.63, 3.8) is 0 Å². The summed E-state index contributed by atoms with van der Waals surface area (Å²) in [6.07, 6.45) is 0. The molecule has 0 amide bonds. The van der Waals surface area contributed by atoms with Crippen LogP contribution >= 0.6 is 6.04 Å². The maximum absolute atomic E-state index is 5.89. The summed E-state index contributed by atoms with van der Waals surface area (Å²) < 4.78 is 0. The Morgan fingerprint density at radius 1 is 1.00 bits per heavy atom. The van der Waals surface area contributed by atoms with Gasteiger partial charge < -0.3 is 0 Å². The van der Waals surface area contributed by atoms with Gasteiger partial charge in [-0.05, 0) is 48.4 Å². The van der Waals surface area contributed by atoms with E-state index in [1.54, 1.807) is 0 Å². The lowest BCUT2D eigenvalue weighted by Crippen LogP contribution is -2.01. The first-order chi connectivity index (χ1) is 7.05. The molecular weight excluding hydrogens is 219 g/mol. The van der Waals surface area contributed by atoms with Crippen molar-refractivity contribution >= 4 is 23.1 Å². The highest BCUT2D eigenvalue weighted by atomic mass is 32.4. The first-order valence-electron chi connectivity index (χ1n) is 5.09. The summed E-state index contributed by atoms with van der Waals surface area (Å²) in [5.41, 5.74) is 2.75. The third kappa shape index (κ3) is 1.64. The molecule has 1 aliphatic rings. The van der Waals surface area contributed by atoms with Gasteiger partial charge in [0.25, 0.3) is 0 Å². The van der Waals surface area contributed by atoms with Gasteiger partial charge in [0.1, 0.15) is 0 Å². The van der Waals surface area contributed by atoms with E-state index in [1.807, 2.05) is 6.07 Å². The molecule has 0 fully saturated rings. The molecule has 1 aromatic rings. The van der Waals surface area contributed by atoms with Crippen LogP contribution in [0.15, 0.2) is 52.6 Å². The maximum atomic E-state index is 5.89. The lowest BCUT2D eigenvalue weighted by molar-refractivity contribution is 1.34. The summed E-state index contributed by atoms with van der Waals surface area (Å²) in [5.74, 6) is 2.31. The molecule has 1 aromatic carbocycles. The van der Waals surface area contributed by atoms with Gasteiger partial charge in [-0.25, -0.2) is 0 Å². The molecule has 1 heterocycles. The number of rotatable bonds is 1. The van der Waals surface area contributed by atoms with Crippen LogP contribution in [0.3, 0.4) is 0 Å². The molecule has 2 rings (SSSR count). The van der Waals surface area contributed by atoms with Gasteiger partial charge in [-0.3, -0.25) is 0 Å². The van der Waals surface area contributed by atoms with Crippen LogP contribution in [0.1, 0.15) is 20.8 Å². The predicted octanol–water partition coefficient (Wildman–Crippen LogP) is 4.00. The van der Waals surface area contributed by atoms with E-state index in [4.69, 9.17) is 11.8 Å². The van der Waals surface area contributed by atoms with Gasteiger partial charge in [-0.2, -0.15) is 0 Å². The Labute approximate surface area is 96.7 Å². The Balaban J connectivity index is 2.62. The largest absolute Gasteiger partial charge is 0.0835 e. The van der Waals surface area contributed by atoms with Crippen molar-refractivity contribution < 1.29 is 0 Å². The van der Waals surface area contributed by atoms with Crippen LogP contribution in [0.2, 0.25) is 0 Å². The fourth-order valence-corrected chi connectivity index (χ4v) is 5.93. The van der Waals surface area contributed by atoms with E-state index in [0.717, 1.165) is 0 Å². The zero-order valence-electron chi connectivity index (χ0n) is 9.32. The third-order valence-corrected chi connectivity index (χ3v) is 8.07. The van der Waals surface area contributed by atoms with Crippen molar-refractivity contribution in [2.45, 2.75) is 20.8 Å². The Bertz CT molecular complexity index is 495. The standard InChI is InChI=1S/C13H15PS/c1-10-9-14(15,12(3)11(10)2)13-7-5-4-6-8-13/h4-9H,1-3H3. The molecule has 0 spiro atoms. The van der Waals surface area contributed by atoms with Gasteiger partial charge in [-0.15, -0.1) is 0 Å². The Kier molecular flexibility index (Phi) is 2.70. The molecule has 1 atom stereocenters. The lowest BCUT2D eigenvalue weighted by Gasteiger charge is -2.16. The fraction of sp³-hybridized carbons (Fsp3) is 0.231. The molecular formula is C13H15PS. The van der Waals surface area contributed by atoms with E-state index in [2.05, 4.69) is 50.9 Å². The van der Waals surface area contributed by atoms with Crippen molar-refractivity contribution in [2.24, 2.45) is 0 Å². The van der Waals surface area contributed by atoms with Crippen LogP contribution in [0.5, 0.6) is 0 Å². The van der Waals surface area contributed by atoms with Gasteiger partial charge in [0.15, 0.2) is 0 Å². The van der Waals surface area contributed by atoms with Crippen molar-refractivity contribution in [3.8, 4) is 0 Å². The minimum absolute atomic E-state index is 1.31. The summed E-state index contributed by atoms with van der Waals surface area (Å²) >= 11 is 5.89. The summed E-state index contributed by atoms with van der Waals surface area (Å²) in [7, 11) is 0. The van der Waals surface area contributed by atoms with E-state index in [9.17, 15) is 0 Å². The first-order valence-corrected chi connectivity index (χ1v) is 7.96. The second kappa shape index (κ2) is 3.73. The summed E-state index contributed by atoms with van der Waals surface area (Å²) in [6, 6.07) is 8.94. The average Bonchev–Trinajstić information content (AvgIpc) is 2.45. The smallest absolute Gasteiger partial charge is 0.0274 e. The number of benzene rings is 1. The molecule has 2 heteroatoms.